The molecule has 3 rings (SSSR count). The number of rotatable bonds is 5. The fraction of sp³-hybridized carbons (Fsp3) is 0.632. The molecule has 2 bridgehead atoms. The maximum atomic E-state index is 12.2. The van der Waals surface area contributed by atoms with Gasteiger partial charge in [0.2, 0.25) is 0 Å². The van der Waals surface area contributed by atoms with Crippen LogP contribution >= 0.6 is 0 Å². The number of ether oxygens (including phenoxy) is 1. The highest BCUT2D eigenvalue weighted by Gasteiger charge is 2.40. The van der Waals surface area contributed by atoms with Crippen molar-refractivity contribution in [2.24, 2.45) is 11.8 Å². The summed E-state index contributed by atoms with van der Waals surface area (Å²) in [6.45, 7) is 6.46. The highest BCUT2D eigenvalue weighted by molar-refractivity contribution is 5.78. The van der Waals surface area contributed by atoms with Gasteiger partial charge >= 0.3 is 0 Å². The topological polar surface area (TPSA) is 38.3 Å². The number of fused-ring (bicyclic) bond motifs is 2. The van der Waals surface area contributed by atoms with E-state index in [1.165, 1.54) is 24.8 Å². The molecule has 3 atom stereocenters. The Bertz CT molecular complexity index is 552. The molecule has 3 nitrogen and oxygen atoms in total. The average Bonchev–Trinajstić information content (AvgIpc) is 3.07. The number of hydrogen-bond donors (Lipinski definition) is 1. The van der Waals surface area contributed by atoms with Gasteiger partial charge in [-0.25, -0.2) is 0 Å². The van der Waals surface area contributed by atoms with Crippen LogP contribution in [0.5, 0.6) is 5.75 Å². The Kier molecular flexibility index (Phi) is 4.42. The third-order valence-corrected chi connectivity index (χ3v) is 5.23. The summed E-state index contributed by atoms with van der Waals surface area (Å²) in [5, 5.41) is 3.18. The second kappa shape index (κ2) is 6.31. The fourth-order valence-corrected chi connectivity index (χ4v) is 4.06. The van der Waals surface area contributed by atoms with Gasteiger partial charge in [-0.05, 0) is 61.1 Å². The molecule has 0 unspecified atom stereocenters. The molecule has 3 heteroatoms. The van der Waals surface area contributed by atoms with Crippen molar-refractivity contribution in [3.63, 3.8) is 0 Å². The molecule has 120 valence electrons. The SMILES string of the molecule is Cc1ccc(C(C)C)c(OCC(=O)N[C@H]2C[C@H]3CC[C@@H]2C3)c1. The number of carbonyl (C=O) groups excluding carboxylic acids is 1. The highest BCUT2D eigenvalue weighted by atomic mass is 16.5. The van der Waals surface area contributed by atoms with E-state index in [0.29, 0.717) is 17.9 Å². The van der Waals surface area contributed by atoms with E-state index in [4.69, 9.17) is 4.74 Å². The number of hydrogen-bond acceptors (Lipinski definition) is 2. The molecule has 1 aromatic rings. The van der Waals surface area contributed by atoms with E-state index in [1.807, 2.05) is 13.0 Å². The Hall–Kier alpha value is -1.51. The van der Waals surface area contributed by atoms with E-state index in [9.17, 15) is 4.79 Å². The minimum atomic E-state index is 0.0220. The second-order valence-electron chi connectivity index (χ2n) is 7.33. The van der Waals surface area contributed by atoms with Gasteiger partial charge in [0.1, 0.15) is 5.75 Å². The minimum absolute atomic E-state index is 0.0220. The molecule has 0 aliphatic heterocycles. The molecule has 0 spiro atoms. The molecule has 1 amide bonds. The number of carbonyl (C=O) groups is 1. The zero-order valence-electron chi connectivity index (χ0n) is 13.9. The van der Waals surface area contributed by atoms with Crippen LogP contribution in [0, 0.1) is 18.8 Å². The smallest absolute Gasteiger partial charge is 0.258 e. The van der Waals surface area contributed by atoms with E-state index < -0.39 is 0 Å². The van der Waals surface area contributed by atoms with Crippen LogP contribution in [0.15, 0.2) is 18.2 Å². The molecule has 0 saturated heterocycles. The molecule has 2 fully saturated rings. The zero-order valence-corrected chi connectivity index (χ0v) is 13.9. The van der Waals surface area contributed by atoms with Gasteiger partial charge in [-0.15, -0.1) is 0 Å². The van der Waals surface area contributed by atoms with Crippen molar-refractivity contribution < 1.29 is 9.53 Å². The van der Waals surface area contributed by atoms with Crippen LogP contribution in [0.2, 0.25) is 0 Å². The van der Waals surface area contributed by atoms with Gasteiger partial charge in [0, 0.05) is 6.04 Å². The van der Waals surface area contributed by atoms with E-state index >= 15 is 0 Å². The maximum Gasteiger partial charge on any atom is 0.258 e. The summed E-state index contributed by atoms with van der Waals surface area (Å²) in [5.74, 6) is 2.82. The molecular weight excluding hydrogens is 274 g/mol. The summed E-state index contributed by atoms with van der Waals surface area (Å²) in [5.41, 5.74) is 2.33. The van der Waals surface area contributed by atoms with Gasteiger partial charge in [0.25, 0.3) is 5.91 Å². The third-order valence-electron chi connectivity index (χ3n) is 5.23. The number of aryl methyl sites for hydroxylation is 1. The van der Waals surface area contributed by atoms with E-state index in [0.717, 1.165) is 23.7 Å². The second-order valence-corrected chi connectivity index (χ2v) is 7.33. The van der Waals surface area contributed by atoms with Gasteiger partial charge < -0.3 is 10.1 Å². The summed E-state index contributed by atoms with van der Waals surface area (Å²) in [7, 11) is 0. The van der Waals surface area contributed by atoms with Crippen molar-refractivity contribution in [1.82, 2.24) is 5.32 Å². The molecule has 22 heavy (non-hydrogen) atoms. The lowest BCUT2D eigenvalue weighted by Gasteiger charge is -2.23. The Balaban J connectivity index is 1.56. The van der Waals surface area contributed by atoms with Crippen molar-refractivity contribution in [3.8, 4) is 5.75 Å². The summed E-state index contributed by atoms with van der Waals surface area (Å²) in [4.78, 5) is 12.2. The van der Waals surface area contributed by atoms with Crippen molar-refractivity contribution in [2.45, 2.75) is 58.4 Å². The molecule has 2 aliphatic rings. The Labute approximate surface area is 133 Å². The standard InChI is InChI=1S/C19H27NO2/c1-12(2)16-7-4-13(3)8-18(16)22-11-19(21)20-17-10-14-5-6-15(17)9-14/h4,7-8,12,14-15,17H,5-6,9-11H2,1-3H3,(H,20,21)/t14-,15+,17-/m0/s1. The summed E-state index contributed by atoms with van der Waals surface area (Å²) in [6, 6.07) is 6.61. The van der Waals surface area contributed by atoms with Crippen LogP contribution in [0.3, 0.4) is 0 Å². The van der Waals surface area contributed by atoms with Gasteiger partial charge in [-0.3, -0.25) is 4.79 Å². The predicted octanol–water partition coefficient (Wildman–Crippen LogP) is 3.80. The highest BCUT2D eigenvalue weighted by Crippen LogP contribution is 2.44. The van der Waals surface area contributed by atoms with Gasteiger partial charge in [0.15, 0.2) is 6.61 Å². The summed E-state index contributed by atoms with van der Waals surface area (Å²) in [6.07, 6.45) is 5.11. The fourth-order valence-electron chi connectivity index (χ4n) is 4.06. The zero-order chi connectivity index (χ0) is 15.7. The lowest BCUT2D eigenvalue weighted by atomic mass is 9.95. The van der Waals surface area contributed by atoms with Crippen LogP contribution < -0.4 is 10.1 Å². The van der Waals surface area contributed by atoms with E-state index in [2.05, 4.69) is 31.3 Å². The van der Waals surface area contributed by atoms with Gasteiger partial charge in [0.05, 0.1) is 0 Å². The summed E-state index contributed by atoms with van der Waals surface area (Å²) >= 11 is 0. The molecule has 1 N–H and O–H groups in total. The first-order chi connectivity index (χ1) is 10.5. The third kappa shape index (κ3) is 3.29. The van der Waals surface area contributed by atoms with E-state index in [-0.39, 0.29) is 12.5 Å². The van der Waals surface area contributed by atoms with Crippen molar-refractivity contribution in [1.29, 1.82) is 0 Å². The van der Waals surface area contributed by atoms with Crippen LogP contribution in [-0.2, 0) is 4.79 Å². The molecule has 1 aromatic carbocycles. The lowest BCUT2D eigenvalue weighted by Crippen LogP contribution is -2.41. The van der Waals surface area contributed by atoms with E-state index in [1.54, 1.807) is 0 Å². The molecule has 2 saturated carbocycles. The van der Waals surface area contributed by atoms with Crippen LogP contribution in [0.25, 0.3) is 0 Å². The first-order valence-electron chi connectivity index (χ1n) is 8.55. The monoisotopic (exact) mass is 301 g/mol. The number of amides is 1. The Morgan fingerprint density at radius 1 is 1.32 bits per heavy atom. The molecule has 0 heterocycles. The minimum Gasteiger partial charge on any atom is -0.483 e. The summed E-state index contributed by atoms with van der Waals surface area (Å²) < 4.78 is 5.82. The molecular formula is C19H27NO2. The van der Waals surface area contributed by atoms with Crippen LogP contribution in [0.1, 0.15) is 56.6 Å². The van der Waals surface area contributed by atoms with Crippen LogP contribution in [0.4, 0.5) is 0 Å². The first-order valence-corrected chi connectivity index (χ1v) is 8.55. The predicted molar refractivity (Wildman–Crippen MR) is 88.1 cm³/mol. The average molecular weight is 301 g/mol. The normalized spacial score (nSPS) is 26.5. The van der Waals surface area contributed by atoms with Gasteiger partial charge in [-0.2, -0.15) is 0 Å². The Morgan fingerprint density at radius 3 is 2.77 bits per heavy atom. The first kappa shape index (κ1) is 15.4. The quantitative estimate of drug-likeness (QED) is 0.898. The molecule has 0 radical (unpaired) electrons. The number of nitrogens with one attached hydrogen (secondary N) is 1. The maximum absolute atomic E-state index is 12.2. The Morgan fingerprint density at radius 2 is 2.14 bits per heavy atom. The number of benzene rings is 1. The van der Waals surface area contributed by atoms with Crippen molar-refractivity contribution in [2.75, 3.05) is 6.61 Å². The van der Waals surface area contributed by atoms with Crippen molar-refractivity contribution >= 4 is 5.91 Å². The largest absolute Gasteiger partial charge is 0.483 e. The van der Waals surface area contributed by atoms with Gasteiger partial charge in [-0.1, -0.05) is 32.4 Å². The molecule has 2 aliphatic carbocycles. The van der Waals surface area contributed by atoms with Crippen LogP contribution in [-0.4, -0.2) is 18.6 Å². The molecule has 0 aromatic heterocycles. The van der Waals surface area contributed by atoms with Crippen molar-refractivity contribution in [3.05, 3.63) is 29.3 Å². The lowest BCUT2D eigenvalue weighted by molar-refractivity contribution is -0.124.